The van der Waals surface area contributed by atoms with Crippen LogP contribution in [0, 0.1) is 12.8 Å². The maximum atomic E-state index is 10.4. The average Bonchev–Trinajstić information content (AvgIpc) is 2.42. The minimum Gasteiger partial charge on any atom is -0.388 e. The van der Waals surface area contributed by atoms with Crippen LogP contribution in [0.3, 0.4) is 0 Å². The number of aryl methyl sites for hydroxylation is 1. The van der Waals surface area contributed by atoms with E-state index in [1.807, 2.05) is 37.3 Å². The van der Waals surface area contributed by atoms with E-state index >= 15 is 0 Å². The van der Waals surface area contributed by atoms with Gasteiger partial charge in [-0.1, -0.05) is 61.8 Å². The summed E-state index contributed by atoms with van der Waals surface area (Å²) in [6.07, 6.45) is 1.10. The van der Waals surface area contributed by atoms with Gasteiger partial charge in [0.2, 0.25) is 0 Å². The molecule has 112 valence electrons. The van der Waals surface area contributed by atoms with E-state index in [1.54, 1.807) is 0 Å². The minimum atomic E-state index is -0.515. The maximum absolute atomic E-state index is 10.4. The number of halogens is 1. The predicted molar refractivity (Wildman–Crippen MR) is 89.8 cm³/mol. The fourth-order valence-electron chi connectivity index (χ4n) is 2.49. The molecule has 1 nitrogen and oxygen atoms in total. The second-order valence-corrected chi connectivity index (χ2v) is 6.56. The van der Waals surface area contributed by atoms with E-state index in [0.717, 1.165) is 28.1 Å². The lowest BCUT2D eigenvalue weighted by Gasteiger charge is -2.14. The Morgan fingerprint density at radius 2 is 1.67 bits per heavy atom. The quantitative estimate of drug-likeness (QED) is 0.812. The van der Waals surface area contributed by atoms with Gasteiger partial charge in [0.15, 0.2) is 0 Å². The molecule has 0 heterocycles. The van der Waals surface area contributed by atoms with Gasteiger partial charge in [-0.2, -0.15) is 0 Å². The molecular weight excluding hydrogens is 280 g/mol. The average molecular weight is 303 g/mol. The van der Waals surface area contributed by atoms with Crippen molar-refractivity contribution >= 4 is 11.6 Å². The van der Waals surface area contributed by atoms with Crippen LogP contribution < -0.4 is 0 Å². The Balaban J connectivity index is 2.07. The van der Waals surface area contributed by atoms with E-state index in [-0.39, 0.29) is 0 Å². The third kappa shape index (κ3) is 4.59. The van der Waals surface area contributed by atoms with Gasteiger partial charge in [0.05, 0.1) is 6.10 Å². The van der Waals surface area contributed by atoms with Crippen molar-refractivity contribution in [2.24, 2.45) is 5.92 Å². The van der Waals surface area contributed by atoms with Crippen LogP contribution in [0.1, 0.15) is 42.2 Å². The molecule has 1 N–H and O–H groups in total. The molecule has 2 rings (SSSR count). The van der Waals surface area contributed by atoms with Gasteiger partial charge in [-0.15, -0.1) is 0 Å². The molecule has 1 atom stereocenters. The summed E-state index contributed by atoms with van der Waals surface area (Å²) in [4.78, 5) is 0. The smallest absolute Gasteiger partial charge is 0.0830 e. The van der Waals surface area contributed by atoms with Gasteiger partial charge in [-0.3, -0.25) is 0 Å². The molecule has 0 saturated carbocycles. The monoisotopic (exact) mass is 302 g/mol. The van der Waals surface area contributed by atoms with Crippen LogP contribution in [-0.4, -0.2) is 5.11 Å². The summed E-state index contributed by atoms with van der Waals surface area (Å²) in [7, 11) is 0. The second kappa shape index (κ2) is 7.11. The van der Waals surface area contributed by atoms with Crippen LogP contribution in [0.2, 0.25) is 5.02 Å². The zero-order valence-corrected chi connectivity index (χ0v) is 13.7. The SMILES string of the molecule is Cc1ccc(CC(O)c2ccc(CC(C)C)cc2)c(Cl)c1. The van der Waals surface area contributed by atoms with Crippen molar-refractivity contribution in [2.45, 2.75) is 39.7 Å². The fourth-order valence-corrected chi connectivity index (χ4v) is 2.80. The van der Waals surface area contributed by atoms with Crippen LogP contribution >= 0.6 is 11.6 Å². The van der Waals surface area contributed by atoms with Crippen LogP contribution in [0.4, 0.5) is 0 Å². The first-order valence-electron chi connectivity index (χ1n) is 7.47. The summed E-state index contributed by atoms with van der Waals surface area (Å²) in [5.41, 5.74) is 4.38. The van der Waals surface area contributed by atoms with Gasteiger partial charge >= 0.3 is 0 Å². The summed E-state index contributed by atoms with van der Waals surface area (Å²) >= 11 is 6.23. The Labute approximate surface area is 132 Å². The molecule has 2 heteroatoms. The number of hydrogen-bond acceptors (Lipinski definition) is 1. The van der Waals surface area contributed by atoms with Gasteiger partial charge in [0.1, 0.15) is 0 Å². The number of aliphatic hydroxyl groups excluding tert-OH is 1. The lowest BCUT2D eigenvalue weighted by molar-refractivity contribution is 0.178. The molecule has 0 spiro atoms. The molecule has 2 aromatic carbocycles. The summed E-state index contributed by atoms with van der Waals surface area (Å²) in [6, 6.07) is 14.2. The molecule has 0 fully saturated rings. The first-order chi connectivity index (χ1) is 9.95. The van der Waals surface area contributed by atoms with E-state index < -0.39 is 6.10 Å². The zero-order chi connectivity index (χ0) is 15.4. The largest absolute Gasteiger partial charge is 0.388 e. The number of benzene rings is 2. The van der Waals surface area contributed by atoms with Crippen molar-refractivity contribution in [2.75, 3.05) is 0 Å². The molecule has 0 aliphatic heterocycles. The van der Waals surface area contributed by atoms with Crippen LogP contribution in [0.15, 0.2) is 42.5 Å². The molecule has 0 aliphatic carbocycles. The van der Waals surface area contributed by atoms with Gasteiger partial charge in [0.25, 0.3) is 0 Å². The van der Waals surface area contributed by atoms with Crippen LogP contribution in [-0.2, 0) is 12.8 Å². The van der Waals surface area contributed by atoms with Gasteiger partial charge in [0, 0.05) is 11.4 Å². The zero-order valence-electron chi connectivity index (χ0n) is 12.9. The molecule has 2 aromatic rings. The summed E-state index contributed by atoms with van der Waals surface area (Å²) in [5.74, 6) is 0.645. The second-order valence-electron chi connectivity index (χ2n) is 6.15. The molecule has 21 heavy (non-hydrogen) atoms. The van der Waals surface area contributed by atoms with Crippen molar-refractivity contribution in [3.8, 4) is 0 Å². The van der Waals surface area contributed by atoms with Crippen molar-refractivity contribution in [1.82, 2.24) is 0 Å². The van der Waals surface area contributed by atoms with Crippen LogP contribution in [0.25, 0.3) is 0 Å². The Morgan fingerprint density at radius 1 is 1.00 bits per heavy atom. The molecule has 0 bridgehead atoms. The standard InChI is InChI=1S/C19H23ClO/c1-13(2)10-15-5-8-16(9-6-15)19(21)12-17-7-4-14(3)11-18(17)20/h4-9,11,13,19,21H,10,12H2,1-3H3. The topological polar surface area (TPSA) is 20.2 Å². The van der Waals surface area contributed by atoms with Gasteiger partial charge in [-0.25, -0.2) is 0 Å². The lowest BCUT2D eigenvalue weighted by Crippen LogP contribution is -2.03. The number of rotatable bonds is 5. The van der Waals surface area contributed by atoms with Crippen LogP contribution in [0.5, 0.6) is 0 Å². The molecule has 0 aliphatic rings. The first-order valence-corrected chi connectivity index (χ1v) is 7.85. The van der Waals surface area contributed by atoms with E-state index in [1.165, 1.54) is 5.56 Å². The Kier molecular flexibility index (Phi) is 5.44. The van der Waals surface area contributed by atoms with E-state index in [4.69, 9.17) is 11.6 Å². The highest BCUT2D eigenvalue weighted by Crippen LogP contribution is 2.25. The molecular formula is C19H23ClO. The third-order valence-electron chi connectivity index (χ3n) is 3.63. The van der Waals surface area contributed by atoms with Gasteiger partial charge < -0.3 is 5.11 Å². The molecule has 0 aromatic heterocycles. The first kappa shape index (κ1) is 16.1. The highest BCUT2D eigenvalue weighted by molar-refractivity contribution is 6.31. The van der Waals surface area contributed by atoms with Crippen molar-refractivity contribution < 1.29 is 5.11 Å². The molecule has 0 amide bonds. The fraction of sp³-hybridized carbons (Fsp3) is 0.368. The van der Waals surface area contributed by atoms with Crippen molar-refractivity contribution in [3.63, 3.8) is 0 Å². The molecule has 1 unspecified atom stereocenters. The lowest BCUT2D eigenvalue weighted by atomic mass is 9.97. The highest BCUT2D eigenvalue weighted by Gasteiger charge is 2.11. The maximum Gasteiger partial charge on any atom is 0.0830 e. The normalized spacial score (nSPS) is 12.7. The van der Waals surface area contributed by atoms with E-state index in [0.29, 0.717) is 12.3 Å². The summed E-state index contributed by atoms with van der Waals surface area (Å²) in [5, 5.41) is 11.1. The summed E-state index contributed by atoms with van der Waals surface area (Å²) in [6.45, 7) is 6.43. The Bertz CT molecular complexity index is 587. The number of aliphatic hydroxyl groups is 1. The number of hydrogen-bond donors (Lipinski definition) is 1. The van der Waals surface area contributed by atoms with Crippen molar-refractivity contribution in [3.05, 3.63) is 69.7 Å². The third-order valence-corrected chi connectivity index (χ3v) is 3.98. The highest BCUT2D eigenvalue weighted by atomic mass is 35.5. The molecule has 0 radical (unpaired) electrons. The Morgan fingerprint density at radius 3 is 2.24 bits per heavy atom. The van der Waals surface area contributed by atoms with E-state index in [9.17, 15) is 5.11 Å². The van der Waals surface area contributed by atoms with E-state index in [2.05, 4.69) is 26.0 Å². The minimum absolute atomic E-state index is 0.515. The predicted octanol–water partition coefficient (Wildman–Crippen LogP) is 5.12. The van der Waals surface area contributed by atoms with Gasteiger partial charge in [-0.05, 0) is 47.6 Å². The Hall–Kier alpha value is -1.31. The molecule has 0 saturated heterocycles. The summed E-state index contributed by atoms with van der Waals surface area (Å²) < 4.78 is 0. The van der Waals surface area contributed by atoms with Crippen molar-refractivity contribution in [1.29, 1.82) is 0 Å².